The quantitative estimate of drug-likeness (QED) is 0.463. The van der Waals surface area contributed by atoms with Gasteiger partial charge in [-0.15, -0.1) is 0 Å². The summed E-state index contributed by atoms with van der Waals surface area (Å²) in [6, 6.07) is 23.7. The fourth-order valence-corrected chi connectivity index (χ4v) is 3.21. The summed E-state index contributed by atoms with van der Waals surface area (Å²) in [7, 11) is 1.23. The van der Waals surface area contributed by atoms with E-state index in [0.717, 1.165) is 16.5 Å². The van der Waals surface area contributed by atoms with Gasteiger partial charge in [0, 0.05) is 0 Å². The molecule has 0 heterocycles. The molecule has 3 rings (SSSR count). The van der Waals surface area contributed by atoms with Gasteiger partial charge in [0.1, 0.15) is 0 Å². The van der Waals surface area contributed by atoms with E-state index in [1.54, 1.807) is 6.92 Å². The molecule has 3 nitrogen and oxygen atoms in total. The average molecular weight is 358 g/mol. The lowest BCUT2D eigenvalue weighted by molar-refractivity contribution is -0.154. The number of hydrogen-bond acceptors (Lipinski definition) is 3. The second kappa shape index (κ2) is 8.00. The first kappa shape index (κ1) is 18.6. The molecule has 3 heteroatoms. The lowest BCUT2D eigenvalue weighted by atomic mass is 9.75. The van der Waals surface area contributed by atoms with Gasteiger partial charge >= 0.3 is 5.97 Å². The number of hydrogen-bond donors (Lipinski definition) is 0. The highest BCUT2D eigenvalue weighted by Crippen LogP contribution is 2.30. The van der Waals surface area contributed by atoms with E-state index in [1.807, 2.05) is 60.7 Å². The zero-order valence-corrected chi connectivity index (χ0v) is 15.5. The third-order valence-electron chi connectivity index (χ3n) is 4.89. The Bertz CT molecular complexity index is 989. The Morgan fingerprint density at radius 2 is 1.59 bits per heavy atom. The van der Waals surface area contributed by atoms with E-state index >= 15 is 0 Å². The molecule has 0 bridgehead atoms. The van der Waals surface area contributed by atoms with E-state index in [2.05, 4.69) is 29.0 Å². The van der Waals surface area contributed by atoms with Crippen molar-refractivity contribution in [2.24, 2.45) is 0 Å². The maximum absolute atomic E-state index is 12.7. The van der Waals surface area contributed by atoms with Crippen LogP contribution in [0.5, 0.6) is 0 Å². The maximum atomic E-state index is 12.7. The molecule has 0 aliphatic heterocycles. The molecule has 1 atom stereocenters. The van der Waals surface area contributed by atoms with Crippen LogP contribution in [0, 0.1) is 0 Å². The number of rotatable bonds is 6. The molecular formula is C24H22O3. The molecule has 136 valence electrons. The van der Waals surface area contributed by atoms with Gasteiger partial charge in [0.2, 0.25) is 0 Å². The van der Waals surface area contributed by atoms with Crippen molar-refractivity contribution in [3.63, 3.8) is 0 Å². The summed E-state index contributed by atoms with van der Waals surface area (Å²) in [5.74, 6) is -1.36. The van der Waals surface area contributed by atoms with Crippen molar-refractivity contribution >= 4 is 28.6 Å². The summed E-state index contributed by atoms with van der Waals surface area (Å²) in [6.45, 7) is 1.78. The molecule has 0 N–H and O–H groups in total. The highest BCUT2D eigenvalue weighted by molar-refractivity contribution is 6.37. The first-order chi connectivity index (χ1) is 13.0. The summed E-state index contributed by atoms with van der Waals surface area (Å²) in [6.07, 6.45) is 4.33. The molecule has 0 saturated heterocycles. The number of benzene rings is 3. The van der Waals surface area contributed by atoms with Gasteiger partial charge in [-0.1, -0.05) is 78.9 Å². The SMILES string of the molecule is COC(=O)C(=O)C(C)(C/C=C/c1ccc2ccccc2c1)c1ccccc1. The van der Waals surface area contributed by atoms with Crippen molar-refractivity contribution in [3.05, 3.63) is 90.0 Å². The topological polar surface area (TPSA) is 43.4 Å². The normalized spacial score (nSPS) is 13.4. The second-order valence-electron chi connectivity index (χ2n) is 6.73. The Kier molecular flexibility index (Phi) is 5.51. The predicted octanol–water partition coefficient (Wildman–Crippen LogP) is 4.94. The zero-order valence-electron chi connectivity index (χ0n) is 15.5. The lowest BCUT2D eigenvalue weighted by Crippen LogP contribution is -2.38. The number of ketones is 1. The van der Waals surface area contributed by atoms with Crippen LogP contribution < -0.4 is 0 Å². The van der Waals surface area contributed by atoms with Crippen molar-refractivity contribution in [1.82, 2.24) is 0 Å². The fraction of sp³-hybridized carbons (Fsp3) is 0.167. The monoisotopic (exact) mass is 358 g/mol. The summed E-state index contributed by atoms with van der Waals surface area (Å²) in [5.41, 5.74) is 0.875. The Hall–Kier alpha value is -3.20. The maximum Gasteiger partial charge on any atom is 0.375 e. The second-order valence-corrected chi connectivity index (χ2v) is 6.73. The van der Waals surface area contributed by atoms with Crippen molar-refractivity contribution in [2.45, 2.75) is 18.8 Å². The number of esters is 1. The van der Waals surface area contributed by atoms with Crippen LogP contribution in [0.3, 0.4) is 0 Å². The van der Waals surface area contributed by atoms with Gasteiger partial charge in [-0.3, -0.25) is 4.79 Å². The van der Waals surface area contributed by atoms with Gasteiger partial charge in [-0.2, -0.15) is 0 Å². The highest BCUT2D eigenvalue weighted by Gasteiger charge is 2.38. The third kappa shape index (κ3) is 3.98. The molecule has 0 spiro atoms. The van der Waals surface area contributed by atoms with Crippen LogP contribution in [0.15, 0.2) is 78.9 Å². The van der Waals surface area contributed by atoms with Gasteiger partial charge in [0.15, 0.2) is 0 Å². The van der Waals surface area contributed by atoms with Gasteiger partial charge in [0.25, 0.3) is 5.78 Å². The van der Waals surface area contributed by atoms with E-state index in [0.29, 0.717) is 6.42 Å². The molecule has 27 heavy (non-hydrogen) atoms. The number of Topliss-reactive ketones (excluding diaryl/α,β-unsaturated/α-hetero) is 1. The summed E-state index contributed by atoms with van der Waals surface area (Å²) >= 11 is 0. The summed E-state index contributed by atoms with van der Waals surface area (Å²) in [5, 5.41) is 2.35. The van der Waals surface area contributed by atoms with Crippen molar-refractivity contribution in [2.75, 3.05) is 7.11 Å². The van der Waals surface area contributed by atoms with Crippen LogP contribution in [0.25, 0.3) is 16.8 Å². The van der Waals surface area contributed by atoms with Gasteiger partial charge in [0.05, 0.1) is 12.5 Å². The van der Waals surface area contributed by atoms with E-state index in [-0.39, 0.29) is 0 Å². The zero-order chi connectivity index (χ0) is 19.3. The summed E-state index contributed by atoms with van der Waals surface area (Å²) in [4.78, 5) is 24.6. The number of carbonyl (C=O) groups is 2. The fourth-order valence-electron chi connectivity index (χ4n) is 3.21. The minimum Gasteiger partial charge on any atom is -0.463 e. The molecule has 0 aliphatic rings. The van der Waals surface area contributed by atoms with E-state index in [1.165, 1.54) is 12.5 Å². The van der Waals surface area contributed by atoms with Crippen LogP contribution in [0.2, 0.25) is 0 Å². The number of carbonyl (C=O) groups excluding carboxylic acids is 2. The molecule has 0 fully saturated rings. The third-order valence-corrected chi connectivity index (χ3v) is 4.89. The van der Waals surface area contributed by atoms with Crippen LogP contribution >= 0.6 is 0 Å². The molecule has 0 amide bonds. The Balaban J connectivity index is 1.88. The highest BCUT2D eigenvalue weighted by atomic mass is 16.5. The predicted molar refractivity (Wildman–Crippen MR) is 108 cm³/mol. The molecule has 0 saturated carbocycles. The van der Waals surface area contributed by atoms with Gasteiger partial charge < -0.3 is 4.74 Å². The Morgan fingerprint density at radius 1 is 0.926 bits per heavy atom. The van der Waals surface area contributed by atoms with Crippen LogP contribution in [0.4, 0.5) is 0 Å². The van der Waals surface area contributed by atoms with E-state index < -0.39 is 17.2 Å². The average Bonchev–Trinajstić information content (AvgIpc) is 2.73. The van der Waals surface area contributed by atoms with Gasteiger partial charge in [-0.25, -0.2) is 4.79 Å². The Morgan fingerprint density at radius 3 is 2.30 bits per heavy atom. The van der Waals surface area contributed by atoms with Crippen LogP contribution in [0.1, 0.15) is 24.5 Å². The molecule has 0 aliphatic carbocycles. The molecule has 1 unspecified atom stereocenters. The summed E-state index contributed by atoms with van der Waals surface area (Å²) < 4.78 is 4.68. The van der Waals surface area contributed by atoms with Crippen LogP contribution in [-0.4, -0.2) is 18.9 Å². The number of allylic oxidation sites excluding steroid dienone is 1. The first-order valence-electron chi connectivity index (χ1n) is 8.88. The molecule has 0 aromatic heterocycles. The first-order valence-corrected chi connectivity index (χ1v) is 8.88. The largest absolute Gasteiger partial charge is 0.463 e. The van der Waals surface area contributed by atoms with E-state index in [9.17, 15) is 9.59 Å². The molecule has 0 radical (unpaired) electrons. The van der Waals surface area contributed by atoms with Crippen molar-refractivity contribution in [1.29, 1.82) is 0 Å². The number of fused-ring (bicyclic) bond motifs is 1. The van der Waals surface area contributed by atoms with E-state index in [4.69, 9.17) is 0 Å². The minimum absolute atomic E-state index is 0.401. The molecule has 3 aromatic carbocycles. The standard InChI is InChI=1S/C24H22O3/c1-24(22(25)23(26)27-2,21-12-4-3-5-13-21)16-8-9-18-14-15-19-10-6-7-11-20(19)17-18/h3-15,17H,16H2,1-2H3/b9-8+. The Labute approximate surface area is 159 Å². The van der Waals surface area contributed by atoms with Crippen molar-refractivity contribution in [3.8, 4) is 0 Å². The van der Waals surface area contributed by atoms with Crippen LogP contribution in [-0.2, 0) is 19.7 Å². The molecular weight excluding hydrogens is 336 g/mol. The smallest absolute Gasteiger partial charge is 0.375 e. The minimum atomic E-state index is -0.971. The number of ether oxygens (including phenoxy) is 1. The van der Waals surface area contributed by atoms with Crippen molar-refractivity contribution < 1.29 is 14.3 Å². The van der Waals surface area contributed by atoms with Gasteiger partial charge in [-0.05, 0) is 41.3 Å². The molecule has 3 aromatic rings. The lowest BCUT2D eigenvalue weighted by Gasteiger charge is -2.26. The number of methoxy groups -OCH3 is 1.